The topological polar surface area (TPSA) is 70.8 Å². The van der Waals surface area contributed by atoms with Gasteiger partial charge in [-0.25, -0.2) is 4.79 Å². The smallest absolute Gasteiger partial charge is 0.326 e. The average molecular weight is 273 g/mol. The number of furan rings is 1. The van der Waals surface area contributed by atoms with Crippen LogP contribution in [-0.2, 0) is 4.79 Å². The van der Waals surface area contributed by atoms with Crippen LogP contribution in [0.5, 0.6) is 0 Å². The highest BCUT2D eigenvalue weighted by Gasteiger charge is 2.35. The molecule has 20 heavy (non-hydrogen) atoms. The molecule has 2 heterocycles. The number of aryl methyl sites for hydroxylation is 1. The molecule has 1 aliphatic rings. The second-order valence-corrected chi connectivity index (χ2v) is 5.10. The first-order chi connectivity index (χ1) is 9.58. The number of para-hydroxylation sites is 1. The molecule has 0 saturated carbocycles. The molecule has 0 unspecified atom stereocenters. The van der Waals surface area contributed by atoms with Crippen molar-refractivity contribution in [3.05, 3.63) is 35.6 Å². The SMILES string of the molecule is Cc1cccc2cc(C(=O)N3CCC[C@@H]3C(=O)O)oc12. The number of carboxylic acids is 1. The molecule has 5 nitrogen and oxygen atoms in total. The number of carbonyl (C=O) groups is 2. The summed E-state index contributed by atoms with van der Waals surface area (Å²) in [6, 6.07) is 6.63. The highest BCUT2D eigenvalue weighted by atomic mass is 16.4. The number of nitrogens with zero attached hydrogens (tertiary/aromatic N) is 1. The maximum atomic E-state index is 12.4. The van der Waals surface area contributed by atoms with E-state index in [0.29, 0.717) is 25.0 Å². The van der Waals surface area contributed by atoms with Crippen LogP contribution in [0.4, 0.5) is 0 Å². The average Bonchev–Trinajstić information content (AvgIpc) is 3.05. The Kier molecular flexibility index (Phi) is 2.97. The largest absolute Gasteiger partial charge is 0.480 e. The molecule has 5 heteroatoms. The van der Waals surface area contributed by atoms with Crippen LogP contribution < -0.4 is 0 Å². The van der Waals surface area contributed by atoms with Gasteiger partial charge < -0.3 is 14.4 Å². The minimum absolute atomic E-state index is 0.211. The lowest BCUT2D eigenvalue weighted by Crippen LogP contribution is -2.40. The third kappa shape index (κ3) is 1.95. The Balaban J connectivity index is 1.96. The van der Waals surface area contributed by atoms with E-state index in [1.807, 2.05) is 25.1 Å². The standard InChI is InChI=1S/C15H15NO4/c1-9-4-2-5-10-8-12(20-13(9)10)14(17)16-7-3-6-11(16)15(18)19/h2,4-5,8,11H,3,6-7H2,1H3,(H,18,19)/t11-/m1/s1. The van der Waals surface area contributed by atoms with Crippen molar-refractivity contribution in [2.24, 2.45) is 0 Å². The van der Waals surface area contributed by atoms with Crippen molar-refractivity contribution in [3.8, 4) is 0 Å². The summed E-state index contributed by atoms with van der Waals surface area (Å²) >= 11 is 0. The molecule has 1 aliphatic heterocycles. The van der Waals surface area contributed by atoms with Gasteiger partial charge in [0, 0.05) is 11.9 Å². The first-order valence-corrected chi connectivity index (χ1v) is 6.61. The number of fused-ring (bicyclic) bond motifs is 1. The molecule has 0 spiro atoms. The van der Waals surface area contributed by atoms with Crippen molar-refractivity contribution in [1.29, 1.82) is 0 Å². The normalized spacial score (nSPS) is 18.6. The van der Waals surface area contributed by atoms with Crippen LogP contribution in [-0.4, -0.2) is 34.5 Å². The van der Waals surface area contributed by atoms with E-state index in [9.17, 15) is 9.59 Å². The number of rotatable bonds is 2. The number of hydrogen-bond acceptors (Lipinski definition) is 3. The second-order valence-electron chi connectivity index (χ2n) is 5.10. The molecule has 104 valence electrons. The van der Waals surface area contributed by atoms with E-state index in [1.165, 1.54) is 4.90 Å². The Bertz CT molecular complexity index is 688. The highest BCUT2D eigenvalue weighted by molar-refractivity contribution is 5.98. The van der Waals surface area contributed by atoms with Gasteiger partial charge in [-0.1, -0.05) is 18.2 Å². The fourth-order valence-corrected chi connectivity index (χ4v) is 2.72. The number of carbonyl (C=O) groups excluding carboxylic acids is 1. The van der Waals surface area contributed by atoms with Gasteiger partial charge in [-0.3, -0.25) is 4.79 Å². The quantitative estimate of drug-likeness (QED) is 0.912. The number of likely N-dealkylation sites (tertiary alicyclic amines) is 1. The lowest BCUT2D eigenvalue weighted by Gasteiger charge is -2.19. The Labute approximate surface area is 115 Å². The van der Waals surface area contributed by atoms with Gasteiger partial charge in [0.05, 0.1) is 0 Å². The zero-order chi connectivity index (χ0) is 14.3. The molecule has 3 rings (SSSR count). The molecule has 1 saturated heterocycles. The molecule has 1 atom stereocenters. The monoisotopic (exact) mass is 273 g/mol. The van der Waals surface area contributed by atoms with Crippen LogP contribution in [0.3, 0.4) is 0 Å². The van der Waals surface area contributed by atoms with Gasteiger partial charge in [-0.15, -0.1) is 0 Å². The number of carboxylic acid groups (broad SMARTS) is 1. The summed E-state index contributed by atoms with van der Waals surface area (Å²) in [4.78, 5) is 24.9. The molecule has 1 N–H and O–H groups in total. The first kappa shape index (κ1) is 12.7. The summed E-state index contributed by atoms with van der Waals surface area (Å²) in [6.45, 7) is 2.38. The van der Waals surface area contributed by atoms with Crippen LogP contribution in [0.1, 0.15) is 29.0 Å². The molecular weight excluding hydrogens is 258 g/mol. The van der Waals surface area contributed by atoms with E-state index in [2.05, 4.69) is 0 Å². The maximum Gasteiger partial charge on any atom is 0.326 e. The molecule has 1 aromatic carbocycles. The van der Waals surface area contributed by atoms with Gasteiger partial charge in [0.15, 0.2) is 5.76 Å². The van der Waals surface area contributed by atoms with Gasteiger partial charge in [0.2, 0.25) is 0 Å². The van der Waals surface area contributed by atoms with E-state index in [-0.39, 0.29) is 11.7 Å². The minimum Gasteiger partial charge on any atom is -0.480 e. The molecule has 0 aliphatic carbocycles. The Hall–Kier alpha value is -2.30. The summed E-state index contributed by atoms with van der Waals surface area (Å²) in [5, 5.41) is 10.00. The Morgan fingerprint density at radius 1 is 1.40 bits per heavy atom. The minimum atomic E-state index is -0.955. The summed E-state index contributed by atoms with van der Waals surface area (Å²) in [6.07, 6.45) is 1.21. The van der Waals surface area contributed by atoms with Crippen molar-refractivity contribution in [2.45, 2.75) is 25.8 Å². The summed E-state index contributed by atoms with van der Waals surface area (Å²) in [5.41, 5.74) is 1.64. The predicted octanol–water partition coefficient (Wildman–Crippen LogP) is 2.43. The summed E-state index contributed by atoms with van der Waals surface area (Å²) < 4.78 is 5.62. The van der Waals surface area contributed by atoms with E-state index in [0.717, 1.165) is 10.9 Å². The van der Waals surface area contributed by atoms with Gasteiger partial charge in [-0.05, 0) is 31.4 Å². The molecule has 1 aromatic heterocycles. The van der Waals surface area contributed by atoms with Crippen molar-refractivity contribution < 1.29 is 19.1 Å². The fraction of sp³-hybridized carbons (Fsp3) is 0.333. The van der Waals surface area contributed by atoms with E-state index >= 15 is 0 Å². The third-order valence-electron chi connectivity index (χ3n) is 3.75. The number of amides is 1. The maximum absolute atomic E-state index is 12.4. The van der Waals surface area contributed by atoms with Crippen LogP contribution in [0.2, 0.25) is 0 Å². The molecule has 1 amide bonds. The van der Waals surface area contributed by atoms with Crippen LogP contribution in [0, 0.1) is 6.92 Å². The fourth-order valence-electron chi connectivity index (χ4n) is 2.72. The van der Waals surface area contributed by atoms with Crippen molar-refractivity contribution >= 4 is 22.8 Å². The molecule has 2 aromatic rings. The zero-order valence-electron chi connectivity index (χ0n) is 11.1. The van der Waals surface area contributed by atoms with E-state index in [4.69, 9.17) is 9.52 Å². The molecule has 1 fully saturated rings. The van der Waals surface area contributed by atoms with Crippen LogP contribution in [0.15, 0.2) is 28.7 Å². The highest BCUT2D eigenvalue weighted by Crippen LogP contribution is 2.26. The van der Waals surface area contributed by atoms with Gasteiger partial charge in [0.25, 0.3) is 5.91 Å². The van der Waals surface area contributed by atoms with Crippen LogP contribution in [0.25, 0.3) is 11.0 Å². The van der Waals surface area contributed by atoms with Gasteiger partial charge in [-0.2, -0.15) is 0 Å². The first-order valence-electron chi connectivity index (χ1n) is 6.61. The third-order valence-corrected chi connectivity index (χ3v) is 3.75. The zero-order valence-corrected chi connectivity index (χ0v) is 11.1. The van der Waals surface area contributed by atoms with Gasteiger partial charge >= 0.3 is 5.97 Å². The Morgan fingerprint density at radius 3 is 2.90 bits per heavy atom. The molecule has 0 bridgehead atoms. The summed E-state index contributed by atoms with van der Waals surface area (Å²) in [7, 11) is 0. The molecule has 0 radical (unpaired) electrons. The van der Waals surface area contributed by atoms with Gasteiger partial charge in [0.1, 0.15) is 11.6 Å². The number of benzene rings is 1. The number of aliphatic carboxylic acids is 1. The van der Waals surface area contributed by atoms with Crippen molar-refractivity contribution in [3.63, 3.8) is 0 Å². The lowest BCUT2D eigenvalue weighted by molar-refractivity contribution is -0.141. The summed E-state index contributed by atoms with van der Waals surface area (Å²) in [5.74, 6) is -1.09. The van der Waals surface area contributed by atoms with Crippen molar-refractivity contribution in [2.75, 3.05) is 6.54 Å². The lowest BCUT2D eigenvalue weighted by atomic mass is 10.2. The van der Waals surface area contributed by atoms with E-state index in [1.54, 1.807) is 6.07 Å². The molecular formula is C15H15NO4. The predicted molar refractivity (Wildman–Crippen MR) is 72.6 cm³/mol. The van der Waals surface area contributed by atoms with Crippen LogP contribution >= 0.6 is 0 Å². The van der Waals surface area contributed by atoms with Crippen molar-refractivity contribution in [1.82, 2.24) is 4.90 Å². The number of hydrogen-bond donors (Lipinski definition) is 1. The Morgan fingerprint density at radius 2 is 2.20 bits per heavy atom. The van der Waals surface area contributed by atoms with E-state index < -0.39 is 12.0 Å². The second kappa shape index (κ2) is 4.67.